The first-order valence-corrected chi connectivity index (χ1v) is 9.93. The minimum Gasteiger partial charge on any atom is -0.465 e. The zero-order chi connectivity index (χ0) is 17.6. The SMILES string of the molecule is CN1C2CCC1CC(N(C(=O)O)c1ccc(Cl)cc1-c1ccsc1)C2. The minimum atomic E-state index is -0.882. The van der Waals surface area contributed by atoms with E-state index in [0.29, 0.717) is 17.1 Å². The number of piperidine rings is 1. The van der Waals surface area contributed by atoms with Crippen LogP contribution in [0.25, 0.3) is 11.1 Å². The van der Waals surface area contributed by atoms with Gasteiger partial charge in [-0.05, 0) is 73.3 Å². The zero-order valence-electron chi connectivity index (χ0n) is 14.1. The molecule has 0 aliphatic carbocycles. The molecule has 2 aromatic rings. The summed E-state index contributed by atoms with van der Waals surface area (Å²) in [6, 6.07) is 8.52. The van der Waals surface area contributed by atoms with Crippen LogP contribution in [0.15, 0.2) is 35.0 Å². The van der Waals surface area contributed by atoms with Crippen LogP contribution in [-0.4, -0.2) is 41.3 Å². The highest BCUT2D eigenvalue weighted by molar-refractivity contribution is 7.08. The molecule has 0 saturated carbocycles. The highest BCUT2D eigenvalue weighted by Crippen LogP contribution is 2.41. The van der Waals surface area contributed by atoms with E-state index >= 15 is 0 Å². The number of fused-ring (bicyclic) bond motifs is 2. The van der Waals surface area contributed by atoms with Crippen molar-refractivity contribution in [2.75, 3.05) is 11.9 Å². The van der Waals surface area contributed by atoms with Gasteiger partial charge in [-0.15, -0.1) is 0 Å². The number of carbonyl (C=O) groups is 1. The molecule has 1 aromatic heterocycles. The van der Waals surface area contributed by atoms with Gasteiger partial charge in [-0.3, -0.25) is 4.90 Å². The first-order chi connectivity index (χ1) is 12.0. The van der Waals surface area contributed by atoms with Crippen LogP contribution in [0.4, 0.5) is 10.5 Å². The van der Waals surface area contributed by atoms with Crippen molar-refractivity contribution in [1.82, 2.24) is 4.90 Å². The zero-order valence-corrected chi connectivity index (χ0v) is 15.6. The molecule has 2 unspecified atom stereocenters. The lowest BCUT2D eigenvalue weighted by molar-refractivity contribution is 0.151. The average Bonchev–Trinajstić information content (AvgIpc) is 3.16. The Morgan fingerprint density at radius 3 is 2.60 bits per heavy atom. The molecule has 0 radical (unpaired) electrons. The summed E-state index contributed by atoms with van der Waals surface area (Å²) in [4.78, 5) is 16.2. The molecule has 6 heteroatoms. The van der Waals surface area contributed by atoms with Crippen LogP contribution in [0.2, 0.25) is 5.02 Å². The maximum atomic E-state index is 12.2. The molecule has 2 aliphatic heterocycles. The van der Waals surface area contributed by atoms with Crippen LogP contribution in [0, 0.1) is 0 Å². The molecular formula is C19H21ClN2O2S. The molecule has 2 atom stereocenters. The summed E-state index contributed by atoms with van der Waals surface area (Å²) in [5.74, 6) is 0. The normalized spacial score (nSPS) is 25.9. The summed E-state index contributed by atoms with van der Waals surface area (Å²) in [5, 5.41) is 14.7. The van der Waals surface area contributed by atoms with E-state index in [1.54, 1.807) is 22.3 Å². The van der Waals surface area contributed by atoms with Gasteiger partial charge in [0.25, 0.3) is 0 Å². The van der Waals surface area contributed by atoms with Gasteiger partial charge in [0.1, 0.15) is 0 Å². The van der Waals surface area contributed by atoms with Crippen molar-refractivity contribution < 1.29 is 9.90 Å². The average molecular weight is 377 g/mol. The van der Waals surface area contributed by atoms with Crippen molar-refractivity contribution in [3.8, 4) is 11.1 Å². The van der Waals surface area contributed by atoms with E-state index in [2.05, 4.69) is 11.9 Å². The van der Waals surface area contributed by atoms with E-state index in [1.165, 1.54) is 12.8 Å². The first-order valence-electron chi connectivity index (χ1n) is 8.61. The second kappa shape index (κ2) is 6.63. The predicted molar refractivity (Wildman–Crippen MR) is 103 cm³/mol. The monoisotopic (exact) mass is 376 g/mol. The number of amides is 1. The standard InChI is InChI=1S/C19H21ClN2O2S/c1-21-14-3-4-15(21)10-16(9-14)22(19(23)24)18-5-2-13(20)8-17(18)12-6-7-25-11-12/h2,5-8,11,14-16H,3-4,9-10H2,1H3,(H,23,24). The van der Waals surface area contributed by atoms with Gasteiger partial charge in [0.2, 0.25) is 0 Å². The molecule has 4 rings (SSSR count). The summed E-state index contributed by atoms with van der Waals surface area (Å²) in [5.41, 5.74) is 2.65. The third-order valence-corrected chi connectivity index (χ3v) is 6.61. The van der Waals surface area contributed by atoms with Crippen molar-refractivity contribution in [2.24, 2.45) is 0 Å². The topological polar surface area (TPSA) is 43.8 Å². The van der Waals surface area contributed by atoms with E-state index in [4.69, 9.17) is 11.6 Å². The summed E-state index contributed by atoms with van der Waals surface area (Å²) in [7, 11) is 2.17. The van der Waals surface area contributed by atoms with Crippen LogP contribution < -0.4 is 4.90 Å². The maximum absolute atomic E-state index is 12.2. The number of carboxylic acid groups (broad SMARTS) is 1. The largest absolute Gasteiger partial charge is 0.465 e. The van der Waals surface area contributed by atoms with Gasteiger partial charge in [0, 0.05) is 28.7 Å². The third-order valence-electron chi connectivity index (χ3n) is 5.69. The quantitative estimate of drug-likeness (QED) is 0.802. The predicted octanol–water partition coefficient (Wildman–Crippen LogP) is 5.18. The third kappa shape index (κ3) is 3.05. The fraction of sp³-hybridized carbons (Fsp3) is 0.421. The molecule has 0 spiro atoms. The highest BCUT2D eigenvalue weighted by Gasteiger charge is 2.42. The molecule has 132 valence electrons. The maximum Gasteiger partial charge on any atom is 0.412 e. The number of hydrogen-bond acceptors (Lipinski definition) is 3. The van der Waals surface area contributed by atoms with Crippen LogP contribution in [0.3, 0.4) is 0 Å². The van der Waals surface area contributed by atoms with E-state index in [-0.39, 0.29) is 6.04 Å². The fourth-order valence-corrected chi connectivity index (χ4v) is 5.24. The van der Waals surface area contributed by atoms with Gasteiger partial charge in [0.15, 0.2) is 0 Å². The summed E-state index contributed by atoms with van der Waals surface area (Å²) in [6.45, 7) is 0. The number of benzene rings is 1. The van der Waals surface area contributed by atoms with Crippen molar-refractivity contribution in [3.63, 3.8) is 0 Å². The second-order valence-electron chi connectivity index (χ2n) is 7.00. The summed E-state index contributed by atoms with van der Waals surface area (Å²) >= 11 is 7.81. The van der Waals surface area contributed by atoms with Gasteiger partial charge >= 0.3 is 6.09 Å². The molecular weight excluding hydrogens is 356 g/mol. The fourth-order valence-electron chi connectivity index (χ4n) is 4.42. The number of halogens is 1. The van der Waals surface area contributed by atoms with E-state index in [9.17, 15) is 9.90 Å². The Morgan fingerprint density at radius 1 is 1.28 bits per heavy atom. The van der Waals surface area contributed by atoms with Crippen molar-refractivity contribution in [2.45, 2.75) is 43.8 Å². The molecule has 2 fully saturated rings. The smallest absolute Gasteiger partial charge is 0.412 e. The molecule has 2 aliphatic rings. The number of nitrogens with zero attached hydrogens (tertiary/aromatic N) is 2. The Balaban J connectivity index is 1.74. The van der Waals surface area contributed by atoms with E-state index < -0.39 is 6.09 Å². The van der Waals surface area contributed by atoms with Gasteiger partial charge in [0.05, 0.1) is 5.69 Å². The van der Waals surface area contributed by atoms with Crippen LogP contribution in [0.1, 0.15) is 25.7 Å². The molecule has 3 heterocycles. The number of hydrogen-bond donors (Lipinski definition) is 1. The Hall–Kier alpha value is -1.56. The molecule has 2 saturated heterocycles. The summed E-state index contributed by atoms with van der Waals surface area (Å²) in [6.07, 6.45) is 3.25. The van der Waals surface area contributed by atoms with E-state index in [0.717, 1.165) is 29.7 Å². The van der Waals surface area contributed by atoms with Crippen LogP contribution in [-0.2, 0) is 0 Å². The number of thiophene rings is 1. The van der Waals surface area contributed by atoms with Gasteiger partial charge < -0.3 is 10.0 Å². The molecule has 4 nitrogen and oxygen atoms in total. The lowest BCUT2D eigenvalue weighted by Crippen LogP contribution is -2.50. The second-order valence-corrected chi connectivity index (χ2v) is 8.22. The Kier molecular flexibility index (Phi) is 4.48. The van der Waals surface area contributed by atoms with Gasteiger partial charge in [-0.25, -0.2) is 4.79 Å². The molecule has 2 bridgehead atoms. The van der Waals surface area contributed by atoms with Gasteiger partial charge in [-0.2, -0.15) is 11.3 Å². The highest BCUT2D eigenvalue weighted by atomic mass is 35.5. The number of anilines is 1. The van der Waals surface area contributed by atoms with Crippen LogP contribution in [0.5, 0.6) is 0 Å². The first kappa shape index (κ1) is 16.9. The Morgan fingerprint density at radius 2 is 2.00 bits per heavy atom. The van der Waals surface area contributed by atoms with Crippen LogP contribution >= 0.6 is 22.9 Å². The van der Waals surface area contributed by atoms with E-state index in [1.807, 2.05) is 29.0 Å². The Labute approximate surface area is 156 Å². The van der Waals surface area contributed by atoms with Gasteiger partial charge in [-0.1, -0.05) is 11.6 Å². The molecule has 25 heavy (non-hydrogen) atoms. The molecule has 1 N–H and O–H groups in total. The lowest BCUT2D eigenvalue weighted by Gasteiger charge is -2.41. The molecule has 1 amide bonds. The van der Waals surface area contributed by atoms with Crippen molar-refractivity contribution in [1.29, 1.82) is 0 Å². The molecule has 1 aromatic carbocycles. The Bertz CT molecular complexity index is 766. The minimum absolute atomic E-state index is 0.0183. The summed E-state index contributed by atoms with van der Waals surface area (Å²) < 4.78 is 0. The van der Waals surface area contributed by atoms with Crippen molar-refractivity contribution in [3.05, 3.63) is 40.0 Å². The number of rotatable bonds is 3. The lowest BCUT2D eigenvalue weighted by atomic mass is 9.95. The van der Waals surface area contributed by atoms with Crippen molar-refractivity contribution >= 4 is 34.7 Å².